The molecule has 2 aromatic carbocycles. The minimum atomic E-state index is -4.78. The average molecular weight is 644 g/mol. The molecule has 2 aromatic rings. The van der Waals surface area contributed by atoms with Gasteiger partial charge >= 0.3 is 10.1 Å². The Bertz CT molecular complexity index is 1450. The Morgan fingerprint density at radius 3 is 1.34 bits per heavy atom. The van der Waals surface area contributed by atoms with E-state index in [1.807, 2.05) is 0 Å². The number of rotatable bonds is 9. The van der Waals surface area contributed by atoms with Gasteiger partial charge in [-0.2, -0.15) is 8.42 Å². The summed E-state index contributed by atoms with van der Waals surface area (Å²) in [5.41, 5.74) is 3.76. The summed E-state index contributed by atoms with van der Waals surface area (Å²) in [6.45, 7) is 7.22. The maximum Gasteiger partial charge on any atom is 0.339 e. The van der Waals surface area contributed by atoms with E-state index in [1.165, 1.54) is 49.8 Å². The highest BCUT2D eigenvalue weighted by molar-refractivity contribution is 7.87. The SMILES string of the molecule is CC(C)c1cc(OS(=O)(=O)c2c(C3CCCCC3)cc(C3CCCCC3)cc2C2CCCCC2)cc(C(C)C)c1S(=O)(=O)[O-]. The Balaban J connectivity index is 1.69. The summed E-state index contributed by atoms with van der Waals surface area (Å²) < 4.78 is 72.5. The van der Waals surface area contributed by atoms with Gasteiger partial charge in [0.15, 0.2) is 0 Å². The van der Waals surface area contributed by atoms with Crippen molar-refractivity contribution in [2.75, 3.05) is 0 Å². The quantitative estimate of drug-likeness (QED) is 0.199. The summed E-state index contributed by atoms with van der Waals surface area (Å²) in [5.74, 6) is 0.257. The van der Waals surface area contributed by atoms with Crippen molar-refractivity contribution < 1.29 is 25.6 Å². The summed E-state index contributed by atoms with van der Waals surface area (Å²) in [7, 11) is -9.06. The van der Waals surface area contributed by atoms with Gasteiger partial charge in [0.05, 0.1) is 4.90 Å². The molecule has 0 heterocycles. The first-order valence-electron chi connectivity index (χ1n) is 17.1. The van der Waals surface area contributed by atoms with Gasteiger partial charge < -0.3 is 8.74 Å². The second kappa shape index (κ2) is 13.8. The zero-order valence-electron chi connectivity index (χ0n) is 27.1. The zero-order chi connectivity index (χ0) is 31.6. The Morgan fingerprint density at radius 1 is 0.591 bits per heavy atom. The zero-order valence-corrected chi connectivity index (χ0v) is 28.7. The van der Waals surface area contributed by atoms with E-state index in [0.29, 0.717) is 21.9 Å². The van der Waals surface area contributed by atoms with Crippen LogP contribution in [-0.2, 0) is 20.2 Å². The summed E-state index contributed by atoms with van der Waals surface area (Å²) >= 11 is 0. The Kier molecular flexibility index (Phi) is 10.5. The van der Waals surface area contributed by atoms with Crippen LogP contribution in [-0.4, -0.2) is 21.4 Å². The molecule has 0 amide bonds. The van der Waals surface area contributed by atoms with Gasteiger partial charge in [0.1, 0.15) is 20.8 Å². The molecule has 0 N–H and O–H groups in total. The largest absolute Gasteiger partial charge is 0.744 e. The van der Waals surface area contributed by atoms with Crippen molar-refractivity contribution >= 4 is 20.2 Å². The highest BCUT2D eigenvalue weighted by atomic mass is 32.2. The van der Waals surface area contributed by atoms with Crippen LogP contribution in [0.15, 0.2) is 34.1 Å². The number of hydrogen-bond acceptors (Lipinski definition) is 6. The fraction of sp³-hybridized carbons (Fsp3) is 0.667. The third-order valence-electron chi connectivity index (χ3n) is 10.4. The molecule has 3 fully saturated rings. The molecule has 0 aromatic heterocycles. The molecule has 0 bridgehead atoms. The molecule has 8 heteroatoms. The van der Waals surface area contributed by atoms with E-state index in [0.717, 1.165) is 75.3 Å². The lowest BCUT2D eigenvalue weighted by Crippen LogP contribution is -2.21. The summed E-state index contributed by atoms with van der Waals surface area (Å²) in [6, 6.07) is 7.35. The molecule has 0 saturated heterocycles. The maximum absolute atomic E-state index is 14.7. The van der Waals surface area contributed by atoms with E-state index in [4.69, 9.17) is 4.18 Å². The fourth-order valence-electron chi connectivity index (χ4n) is 8.10. The highest BCUT2D eigenvalue weighted by Gasteiger charge is 2.35. The van der Waals surface area contributed by atoms with Gasteiger partial charge in [0.25, 0.3) is 0 Å². The minimum Gasteiger partial charge on any atom is -0.744 e. The van der Waals surface area contributed by atoms with E-state index in [-0.39, 0.29) is 34.3 Å². The van der Waals surface area contributed by atoms with E-state index < -0.39 is 20.2 Å². The van der Waals surface area contributed by atoms with Crippen molar-refractivity contribution in [3.63, 3.8) is 0 Å². The van der Waals surface area contributed by atoms with Crippen LogP contribution in [0.5, 0.6) is 5.75 Å². The van der Waals surface area contributed by atoms with Crippen LogP contribution in [0, 0.1) is 0 Å². The molecule has 3 saturated carbocycles. The first kappa shape index (κ1) is 33.5. The van der Waals surface area contributed by atoms with E-state index >= 15 is 0 Å². The predicted molar refractivity (Wildman–Crippen MR) is 174 cm³/mol. The monoisotopic (exact) mass is 643 g/mol. The molecule has 0 spiro atoms. The van der Waals surface area contributed by atoms with Crippen LogP contribution in [0.1, 0.15) is 181 Å². The van der Waals surface area contributed by atoms with Crippen LogP contribution in [0.3, 0.4) is 0 Å². The lowest BCUT2D eigenvalue weighted by molar-refractivity contribution is 0.414. The fourth-order valence-corrected chi connectivity index (χ4v) is 10.7. The summed E-state index contributed by atoms with van der Waals surface area (Å²) in [5, 5.41) is 0. The first-order valence-corrected chi connectivity index (χ1v) is 19.9. The summed E-state index contributed by atoms with van der Waals surface area (Å²) in [6.07, 6.45) is 16.7. The molecular formula is C36H51O6S2-. The van der Waals surface area contributed by atoms with Gasteiger partial charge in [-0.1, -0.05) is 97.6 Å². The van der Waals surface area contributed by atoms with E-state index in [1.54, 1.807) is 27.7 Å². The lowest BCUT2D eigenvalue weighted by Gasteiger charge is -2.32. The van der Waals surface area contributed by atoms with Crippen LogP contribution >= 0.6 is 0 Å². The van der Waals surface area contributed by atoms with Gasteiger partial charge in [-0.15, -0.1) is 0 Å². The van der Waals surface area contributed by atoms with Gasteiger partial charge in [-0.05, 0) is 108 Å². The maximum atomic E-state index is 14.7. The van der Waals surface area contributed by atoms with Crippen molar-refractivity contribution in [2.24, 2.45) is 0 Å². The molecule has 5 rings (SSSR count). The van der Waals surface area contributed by atoms with E-state index in [9.17, 15) is 21.4 Å². The molecule has 3 aliphatic carbocycles. The van der Waals surface area contributed by atoms with Crippen molar-refractivity contribution in [2.45, 2.75) is 163 Å². The van der Waals surface area contributed by atoms with Crippen molar-refractivity contribution in [1.29, 1.82) is 0 Å². The van der Waals surface area contributed by atoms with Crippen molar-refractivity contribution in [3.05, 3.63) is 52.1 Å². The van der Waals surface area contributed by atoms with Gasteiger partial charge in [0.2, 0.25) is 0 Å². The Labute approximate surface area is 266 Å². The molecule has 244 valence electrons. The molecule has 44 heavy (non-hydrogen) atoms. The number of benzene rings is 2. The van der Waals surface area contributed by atoms with Gasteiger partial charge in [-0.3, -0.25) is 0 Å². The molecular weight excluding hydrogens is 593 g/mol. The Morgan fingerprint density at radius 2 is 0.977 bits per heavy atom. The standard InChI is InChI=1S/C36H52O6S2/c1-24(2)31-22-30(23-32(25(3)4)35(31)43(37,38)39)42-44(40,41)36-33(27-16-10-6-11-17-27)20-29(26-14-8-5-9-15-26)21-34(36)28-18-12-7-13-19-28/h20-28H,5-19H2,1-4H3,(H,37,38,39)/p-1. The normalized spacial score (nSPS) is 20.0. The third kappa shape index (κ3) is 7.39. The van der Waals surface area contributed by atoms with Crippen LogP contribution < -0.4 is 4.18 Å². The Hall–Kier alpha value is -1.90. The van der Waals surface area contributed by atoms with Gasteiger partial charge in [-0.25, -0.2) is 8.42 Å². The second-order valence-corrected chi connectivity index (χ2v) is 17.1. The first-order chi connectivity index (χ1) is 20.9. The van der Waals surface area contributed by atoms with E-state index in [2.05, 4.69) is 12.1 Å². The molecule has 3 aliphatic rings. The highest BCUT2D eigenvalue weighted by Crippen LogP contribution is 2.46. The molecule has 0 unspecified atom stereocenters. The lowest BCUT2D eigenvalue weighted by atomic mass is 9.76. The van der Waals surface area contributed by atoms with Crippen LogP contribution in [0.25, 0.3) is 0 Å². The van der Waals surface area contributed by atoms with Gasteiger partial charge in [0, 0.05) is 0 Å². The topological polar surface area (TPSA) is 101 Å². The second-order valence-electron chi connectivity index (χ2n) is 14.3. The smallest absolute Gasteiger partial charge is 0.339 e. The predicted octanol–water partition coefficient (Wildman–Crippen LogP) is 9.75. The summed E-state index contributed by atoms with van der Waals surface area (Å²) in [4.78, 5) is 0.100. The minimum absolute atomic E-state index is 0.0744. The molecule has 0 atom stereocenters. The average Bonchev–Trinajstić information content (AvgIpc) is 3.00. The number of hydrogen-bond donors (Lipinski definition) is 0. The molecule has 0 aliphatic heterocycles. The van der Waals surface area contributed by atoms with Crippen LogP contribution in [0.4, 0.5) is 0 Å². The van der Waals surface area contributed by atoms with Crippen molar-refractivity contribution in [3.8, 4) is 5.75 Å². The molecule has 6 nitrogen and oxygen atoms in total. The van der Waals surface area contributed by atoms with Crippen LogP contribution in [0.2, 0.25) is 0 Å². The molecule has 0 radical (unpaired) electrons. The van der Waals surface area contributed by atoms with Crippen molar-refractivity contribution in [1.82, 2.24) is 0 Å². The third-order valence-corrected chi connectivity index (χ3v) is 12.8.